The Morgan fingerprint density at radius 2 is 1.88 bits per heavy atom. The smallest absolute Gasteiger partial charge is 0.0349 e. The van der Waals surface area contributed by atoms with Crippen LogP contribution in [0.3, 0.4) is 0 Å². The number of nitrogens with two attached hydrogens (primary N) is 1. The molecule has 16 heavy (non-hydrogen) atoms. The number of nitrogen functional groups attached to an aromatic ring is 1. The summed E-state index contributed by atoms with van der Waals surface area (Å²) >= 11 is 0. The second-order valence-electron chi connectivity index (χ2n) is 5.24. The molecule has 1 aromatic rings. The highest BCUT2D eigenvalue weighted by atomic mass is 15.0. The van der Waals surface area contributed by atoms with E-state index in [1.807, 2.05) is 6.07 Å². The molecule has 0 spiro atoms. The second-order valence-corrected chi connectivity index (χ2v) is 5.24. The quantitative estimate of drug-likeness (QED) is 0.744. The van der Waals surface area contributed by atoms with Crippen molar-refractivity contribution in [3.63, 3.8) is 0 Å². The van der Waals surface area contributed by atoms with Crippen molar-refractivity contribution in [2.45, 2.75) is 50.6 Å². The first kappa shape index (κ1) is 10.2. The minimum absolute atomic E-state index is 0.628. The molecular formula is C14H20N2. The molecule has 1 atom stereocenters. The van der Waals surface area contributed by atoms with Gasteiger partial charge in [0.2, 0.25) is 0 Å². The van der Waals surface area contributed by atoms with Crippen LogP contribution in [0.5, 0.6) is 0 Å². The van der Waals surface area contributed by atoms with Crippen LogP contribution in [0.2, 0.25) is 0 Å². The first-order valence-electron chi connectivity index (χ1n) is 6.45. The molecule has 0 saturated heterocycles. The van der Waals surface area contributed by atoms with Crippen molar-refractivity contribution in [1.82, 2.24) is 5.32 Å². The van der Waals surface area contributed by atoms with E-state index in [1.165, 1.54) is 36.8 Å². The lowest BCUT2D eigenvalue weighted by atomic mass is 10.1. The van der Waals surface area contributed by atoms with Crippen LogP contribution in [0.1, 0.15) is 36.8 Å². The molecule has 2 nitrogen and oxygen atoms in total. The van der Waals surface area contributed by atoms with E-state index in [1.54, 1.807) is 0 Å². The topological polar surface area (TPSA) is 38.0 Å². The molecule has 1 unspecified atom stereocenters. The van der Waals surface area contributed by atoms with Crippen molar-refractivity contribution in [3.05, 3.63) is 29.3 Å². The molecule has 3 rings (SSSR count). The highest BCUT2D eigenvalue weighted by molar-refractivity contribution is 5.53. The molecule has 86 valence electrons. The van der Waals surface area contributed by atoms with Crippen LogP contribution in [0.4, 0.5) is 5.69 Å². The first-order valence-corrected chi connectivity index (χ1v) is 6.45. The summed E-state index contributed by atoms with van der Waals surface area (Å²) in [4.78, 5) is 0. The number of fused-ring (bicyclic) bond motifs is 1. The highest BCUT2D eigenvalue weighted by Gasteiger charge is 2.26. The molecule has 0 radical (unpaired) electrons. The number of benzene rings is 1. The monoisotopic (exact) mass is 216 g/mol. The second kappa shape index (κ2) is 4.10. The summed E-state index contributed by atoms with van der Waals surface area (Å²) in [6.07, 6.45) is 7.82. The Hall–Kier alpha value is -1.02. The largest absolute Gasteiger partial charge is 0.398 e. The lowest BCUT2D eigenvalue weighted by Gasteiger charge is -2.17. The third-order valence-electron chi connectivity index (χ3n) is 4.05. The Morgan fingerprint density at radius 1 is 1.06 bits per heavy atom. The fourth-order valence-corrected chi connectivity index (χ4v) is 3.22. The minimum atomic E-state index is 0.628. The summed E-state index contributed by atoms with van der Waals surface area (Å²) in [5, 5.41) is 3.80. The Bertz CT molecular complexity index is 380. The predicted octanol–water partition coefficient (Wildman–Crippen LogP) is 2.27. The molecule has 2 heteroatoms. The van der Waals surface area contributed by atoms with Crippen LogP contribution in [0.25, 0.3) is 0 Å². The van der Waals surface area contributed by atoms with Gasteiger partial charge in [-0.05, 0) is 42.9 Å². The maximum atomic E-state index is 6.01. The maximum Gasteiger partial charge on any atom is 0.0349 e. The molecule has 0 heterocycles. The lowest BCUT2D eigenvalue weighted by molar-refractivity contribution is 0.440. The number of hydrogen-bond donors (Lipinski definition) is 2. The number of nitrogens with one attached hydrogen (secondary N) is 1. The normalized spacial score (nSPS) is 24.9. The van der Waals surface area contributed by atoms with Crippen LogP contribution < -0.4 is 11.1 Å². The zero-order valence-electron chi connectivity index (χ0n) is 9.71. The lowest BCUT2D eigenvalue weighted by Crippen LogP contribution is -2.37. The van der Waals surface area contributed by atoms with Gasteiger partial charge >= 0.3 is 0 Å². The van der Waals surface area contributed by atoms with Gasteiger partial charge in [0.1, 0.15) is 0 Å². The molecule has 0 bridgehead atoms. The molecule has 2 aliphatic rings. The van der Waals surface area contributed by atoms with Crippen LogP contribution in [-0.2, 0) is 12.8 Å². The first-order chi connectivity index (χ1) is 7.83. The van der Waals surface area contributed by atoms with Gasteiger partial charge in [-0.15, -0.1) is 0 Å². The average Bonchev–Trinajstić information content (AvgIpc) is 2.88. The van der Waals surface area contributed by atoms with E-state index in [9.17, 15) is 0 Å². The standard InChI is InChI=1S/C14H20N2/c15-14-7-3-4-10-8-12(9-13(10)14)16-11-5-1-2-6-11/h3-4,7,11-12,16H,1-2,5-6,8-9,15H2. The number of anilines is 1. The Morgan fingerprint density at radius 3 is 2.62 bits per heavy atom. The molecule has 0 amide bonds. The highest BCUT2D eigenvalue weighted by Crippen LogP contribution is 2.28. The molecule has 1 saturated carbocycles. The molecule has 0 aromatic heterocycles. The van der Waals surface area contributed by atoms with Crippen molar-refractivity contribution in [2.75, 3.05) is 5.73 Å². The van der Waals surface area contributed by atoms with E-state index >= 15 is 0 Å². The van der Waals surface area contributed by atoms with Gasteiger partial charge in [-0.1, -0.05) is 25.0 Å². The third kappa shape index (κ3) is 1.82. The SMILES string of the molecule is Nc1cccc2c1CC(NC1CCCC1)C2. The van der Waals surface area contributed by atoms with Crippen LogP contribution >= 0.6 is 0 Å². The molecule has 3 N–H and O–H groups in total. The molecular weight excluding hydrogens is 196 g/mol. The van der Waals surface area contributed by atoms with Gasteiger partial charge in [0.25, 0.3) is 0 Å². The van der Waals surface area contributed by atoms with Crippen LogP contribution in [0, 0.1) is 0 Å². The van der Waals surface area contributed by atoms with E-state index in [4.69, 9.17) is 5.73 Å². The van der Waals surface area contributed by atoms with Gasteiger partial charge in [-0.25, -0.2) is 0 Å². The fourth-order valence-electron chi connectivity index (χ4n) is 3.22. The molecule has 1 aromatic carbocycles. The predicted molar refractivity (Wildman–Crippen MR) is 67.4 cm³/mol. The summed E-state index contributed by atoms with van der Waals surface area (Å²) < 4.78 is 0. The Kier molecular flexibility index (Phi) is 2.60. The maximum absolute atomic E-state index is 6.01. The molecule has 0 aliphatic heterocycles. The van der Waals surface area contributed by atoms with Gasteiger partial charge in [-0.3, -0.25) is 0 Å². The van der Waals surface area contributed by atoms with Crippen molar-refractivity contribution in [1.29, 1.82) is 0 Å². The van der Waals surface area contributed by atoms with E-state index in [0.29, 0.717) is 6.04 Å². The van der Waals surface area contributed by atoms with Gasteiger partial charge in [0.15, 0.2) is 0 Å². The zero-order chi connectivity index (χ0) is 11.0. The zero-order valence-corrected chi connectivity index (χ0v) is 9.71. The van der Waals surface area contributed by atoms with Gasteiger partial charge in [-0.2, -0.15) is 0 Å². The molecule has 2 aliphatic carbocycles. The van der Waals surface area contributed by atoms with Gasteiger partial charge in [0.05, 0.1) is 0 Å². The summed E-state index contributed by atoms with van der Waals surface area (Å²) in [6.45, 7) is 0. The molecule has 1 fully saturated rings. The number of rotatable bonds is 2. The third-order valence-corrected chi connectivity index (χ3v) is 4.05. The van der Waals surface area contributed by atoms with Crippen molar-refractivity contribution in [3.8, 4) is 0 Å². The number of hydrogen-bond acceptors (Lipinski definition) is 2. The summed E-state index contributed by atoms with van der Waals surface area (Å²) in [7, 11) is 0. The summed E-state index contributed by atoms with van der Waals surface area (Å²) in [5.74, 6) is 0. The van der Waals surface area contributed by atoms with E-state index in [-0.39, 0.29) is 0 Å². The average molecular weight is 216 g/mol. The van der Waals surface area contributed by atoms with Crippen LogP contribution in [-0.4, -0.2) is 12.1 Å². The van der Waals surface area contributed by atoms with Crippen molar-refractivity contribution >= 4 is 5.69 Å². The van der Waals surface area contributed by atoms with Gasteiger partial charge < -0.3 is 11.1 Å². The van der Waals surface area contributed by atoms with E-state index in [0.717, 1.165) is 24.6 Å². The summed E-state index contributed by atoms with van der Waals surface area (Å²) in [5.41, 5.74) is 9.84. The summed E-state index contributed by atoms with van der Waals surface area (Å²) in [6, 6.07) is 7.72. The fraction of sp³-hybridized carbons (Fsp3) is 0.571. The van der Waals surface area contributed by atoms with E-state index in [2.05, 4.69) is 17.4 Å². The van der Waals surface area contributed by atoms with Crippen molar-refractivity contribution < 1.29 is 0 Å². The Labute approximate surface area is 97.2 Å². The van der Waals surface area contributed by atoms with E-state index < -0.39 is 0 Å². The minimum Gasteiger partial charge on any atom is -0.398 e. The van der Waals surface area contributed by atoms with Crippen molar-refractivity contribution in [2.24, 2.45) is 0 Å². The van der Waals surface area contributed by atoms with Crippen LogP contribution in [0.15, 0.2) is 18.2 Å². The van der Waals surface area contributed by atoms with Gasteiger partial charge in [0, 0.05) is 17.8 Å². The Balaban J connectivity index is 1.68.